The lowest BCUT2D eigenvalue weighted by Gasteiger charge is -2.15. The van der Waals surface area contributed by atoms with Crippen LogP contribution in [0.2, 0.25) is 0 Å². The van der Waals surface area contributed by atoms with E-state index in [1.165, 1.54) is 55.6 Å². The first kappa shape index (κ1) is 21.3. The molecular formula is C22H21FN2O4S. The van der Waals surface area contributed by atoms with Gasteiger partial charge in [0.05, 0.1) is 18.0 Å². The van der Waals surface area contributed by atoms with Crippen LogP contribution in [0.4, 0.5) is 10.1 Å². The van der Waals surface area contributed by atoms with E-state index in [1.54, 1.807) is 31.2 Å². The summed E-state index contributed by atoms with van der Waals surface area (Å²) in [5.74, 6) is -0.111. The number of rotatable bonds is 7. The van der Waals surface area contributed by atoms with Crippen molar-refractivity contribution in [3.8, 4) is 5.75 Å². The highest BCUT2D eigenvalue weighted by Gasteiger charge is 2.15. The lowest BCUT2D eigenvalue weighted by Crippen LogP contribution is -2.26. The van der Waals surface area contributed by atoms with Gasteiger partial charge in [0.15, 0.2) is 0 Å². The van der Waals surface area contributed by atoms with Crippen LogP contribution in [-0.2, 0) is 10.0 Å². The van der Waals surface area contributed by atoms with Gasteiger partial charge in [-0.2, -0.15) is 0 Å². The molecule has 0 aliphatic rings. The van der Waals surface area contributed by atoms with Gasteiger partial charge in [-0.3, -0.25) is 9.52 Å². The first-order valence-corrected chi connectivity index (χ1v) is 10.6. The maximum absolute atomic E-state index is 13.0. The standard InChI is InChI=1S/C22H21FN2O4S/c1-15(16-3-7-18(23)8-4-16)24-22(26)17-5-9-19(10-6-17)25-30(27,28)21-13-11-20(29-2)12-14-21/h3-15,25H,1-2H3,(H,24,26)/t15-/m0/s1. The largest absolute Gasteiger partial charge is 0.497 e. The topological polar surface area (TPSA) is 84.5 Å². The van der Waals surface area contributed by atoms with Crippen molar-refractivity contribution in [3.63, 3.8) is 0 Å². The minimum absolute atomic E-state index is 0.0956. The second-order valence-corrected chi connectivity index (χ2v) is 8.29. The molecule has 0 fully saturated rings. The van der Waals surface area contributed by atoms with E-state index in [1.807, 2.05) is 0 Å². The summed E-state index contributed by atoms with van der Waals surface area (Å²) < 4.78 is 45.5. The average Bonchev–Trinajstić information content (AvgIpc) is 2.74. The molecule has 0 bridgehead atoms. The van der Waals surface area contributed by atoms with Crippen LogP contribution in [0.1, 0.15) is 28.9 Å². The number of hydrogen-bond donors (Lipinski definition) is 2. The summed E-state index contributed by atoms with van der Waals surface area (Å²) >= 11 is 0. The molecule has 0 aliphatic heterocycles. The monoisotopic (exact) mass is 428 g/mol. The molecule has 0 spiro atoms. The van der Waals surface area contributed by atoms with E-state index < -0.39 is 10.0 Å². The Kier molecular flexibility index (Phi) is 6.37. The Labute approximate surface area is 174 Å². The molecular weight excluding hydrogens is 407 g/mol. The Morgan fingerprint density at radius 3 is 2.10 bits per heavy atom. The number of methoxy groups -OCH3 is 1. The van der Waals surface area contributed by atoms with Crippen LogP contribution in [0, 0.1) is 5.82 Å². The molecule has 0 unspecified atom stereocenters. The molecule has 3 rings (SSSR count). The van der Waals surface area contributed by atoms with Crippen LogP contribution in [0.5, 0.6) is 5.75 Å². The summed E-state index contributed by atoms with van der Waals surface area (Å²) in [5.41, 5.74) is 1.47. The summed E-state index contributed by atoms with van der Waals surface area (Å²) in [5, 5.41) is 2.82. The molecule has 0 saturated heterocycles. The molecule has 156 valence electrons. The van der Waals surface area contributed by atoms with Crippen molar-refractivity contribution < 1.29 is 22.3 Å². The van der Waals surface area contributed by atoms with Gasteiger partial charge in [0.2, 0.25) is 0 Å². The smallest absolute Gasteiger partial charge is 0.261 e. The third kappa shape index (κ3) is 5.15. The van der Waals surface area contributed by atoms with Gasteiger partial charge in [0, 0.05) is 11.3 Å². The number of ether oxygens (including phenoxy) is 1. The number of halogens is 1. The van der Waals surface area contributed by atoms with Crippen molar-refractivity contribution in [1.82, 2.24) is 5.32 Å². The second-order valence-electron chi connectivity index (χ2n) is 6.61. The summed E-state index contributed by atoms with van der Waals surface area (Å²) in [6.45, 7) is 1.79. The molecule has 6 nitrogen and oxygen atoms in total. The molecule has 1 amide bonds. The Balaban J connectivity index is 1.66. The van der Waals surface area contributed by atoms with Gasteiger partial charge in [-0.15, -0.1) is 0 Å². The number of sulfonamides is 1. The van der Waals surface area contributed by atoms with Crippen molar-refractivity contribution in [3.05, 3.63) is 89.7 Å². The van der Waals surface area contributed by atoms with Crippen LogP contribution in [-0.4, -0.2) is 21.4 Å². The SMILES string of the molecule is COc1ccc(S(=O)(=O)Nc2ccc(C(=O)N[C@@H](C)c3ccc(F)cc3)cc2)cc1. The molecule has 0 radical (unpaired) electrons. The summed E-state index contributed by atoms with van der Waals surface area (Å²) in [6, 6.07) is 17.7. The zero-order chi connectivity index (χ0) is 21.7. The van der Waals surface area contributed by atoms with Crippen LogP contribution < -0.4 is 14.8 Å². The highest BCUT2D eigenvalue weighted by Crippen LogP contribution is 2.20. The fourth-order valence-electron chi connectivity index (χ4n) is 2.77. The third-order valence-electron chi connectivity index (χ3n) is 4.49. The predicted molar refractivity (Wildman–Crippen MR) is 113 cm³/mol. The molecule has 0 heterocycles. The predicted octanol–water partition coefficient (Wildman–Crippen LogP) is 4.13. The molecule has 2 N–H and O–H groups in total. The molecule has 0 aliphatic carbocycles. The number of nitrogens with one attached hydrogen (secondary N) is 2. The Hall–Kier alpha value is -3.39. The van der Waals surface area contributed by atoms with Crippen LogP contribution in [0.3, 0.4) is 0 Å². The minimum Gasteiger partial charge on any atom is -0.497 e. The number of carbonyl (C=O) groups excluding carboxylic acids is 1. The Morgan fingerprint density at radius 2 is 1.53 bits per heavy atom. The van der Waals surface area contributed by atoms with Crippen molar-refractivity contribution in [2.24, 2.45) is 0 Å². The Bertz CT molecular complexity index is 1110. The fraction of sp³-hybridized carbons (Fsp3) is 0.136. The van der Waals surface area contributed by atoms with Crippen molar-refractivity contribution in [1.29, 1.82) is 0 Å². The van der Waals surface area contributed by atoms with Crippen molar-refractivity contribution in [2.75, 3.05) is 11.8 Å². The molecule has 0 saturated carbocycles. The van der Waals surface area contributed by atoms with Gasteiger partial charge in [-0.05, 0) is 73.2 Å². The summed E-state index contributed by atoms with van der Waals surface area (Å²) in [7, 11) is -2.27. The van der Waals surface area contributed by atoms with Crippen LogP contribution in [0.25, 0.3) is 0 Å². The molecule has 3 aromatic carbocycles. The maximum Gasteiger partial charge on any atom is 0.261 e. The van der Waals surface area contributed by atoms with E-state index in [2.05, 4.69) is 10.0 Å². The number of amides is 1. The summed E-state index contributed by atoms with van der Waals surface area (Å²) in [4.78, 5) is 12.5. The highest BCUT2D eigenvalue weighted by atomic mass is 32.2. The van der Waals surface area contributed by atoms with E-state index in [0.29, 0.717) is 17.0 Å². The van der Waals surface area contributed by atoms with E-state index >= 15 is 0 Å². The fourth-order valence-corrected chi connectivity index (χ4v) is 3.83. The second kappa shape index (κ2) is 8.96. The van der Waals surface area contributed by atoms with Gasteiger partial charge in [0.1, 0.15) is 11.6 Å². The lowest BCUT2D eigenvalue weighted by atomic mass is 10.1. The first-order valence-electron chi connectivity index (χ1n) is 9.12. The normalized spacial score (nSPS) is 12.1. The summed E-state index contributed by atoms with van der Waals surface area (Å²) in [6.07, 6.45) is 0. The van der Waals surface area contributed by atoms with Crippen molar-refractivity contribution in [2.45, 2.75) is 17.9 Å². The van der Waals surface area contributed by atoms with Crippen LogP contribution >= 0.6 is 0 Å². The minimum atomic E-state index is -3.77. The molecule has 8 heteroatoms. The average molecular weight is 428 g/mol. The van der Waals surface area contributed by atoms with Gasteiger partial charge in [-0.1, -0.05) is 12.1 Å². The first-order chi connectivity index (χ1) is 14.3. The molecule has 0 aromatic heterocycles. The highest BCUT2D eigenvalue weighted by molar-refractivity contribution is 7.92. The Morgan fingerprint density at radius 1 is 0.933 bits per heavy atom. The van der Waals surface area contributed by atoms with Crippen LogP contribution in [0.15, 0.2) is 77.7 Å². The quantitative estimate of drug-likeness (QED) is 0.593. The zero-order valence-corrected chi connectivity index (χ0v) is 17.2. The zero-order valence-electron chi connectivity index (χ0n) is 16.4. The van der Waals surface area contributed by atoms with Gasteiger partial charge in [-0.25, -0.2) is 12.8 Å². The number of anilines is 1. The molecule has 1 atom stereocenters. The van der Waals surface area contributed by atoms with Gasteiger partial charge >= 0.3 is 0 Å². The van der Waals surface area contributed by atoms with Gasteiger partial charge < -0.3 is 10.1 Å². The maximum atomic E-state index is 13.0. The van der Waals surface area contributed by atoms with E-state index in [9.17, 15) is 17.6 Å². The number of hydrogen-bond acceptors (Lipinski definition) is 4. The third-order valence-corrected chi connectivity index (χ3v) is 5.88. The lowest BCUT2D eigenvalue weighted by molar-refractivity contribution is 0.0940. The van der Waals surface area contributed by atoms with Gasteiger partial charge in [0.25, 0.3) is 15.9 Å². The number of carbonyl (C=O) groups is 1. The van der Waals surface area contributed by atoms with E-state index in [0.717, 1.165) is 5.56 Å². The van der Waals surface area contributed by atoms with Crippen molar-refractivity contribution >= 4 is 21.6 Å². The molecule has 30 heavy (non-hydrogen) atoms. The number of benzene rings is 3. The molecule has 3 aromatic rings. The van der Waals surface area contributed by atoms with E-state index in [4.69, 9.17) is 4.74 Å². The van der Waals surface area contributed by atoms with E-state index in [-0.39, 0.29) is 22.7 Å².